The van der Waals surface area contributed by atoms with Crippen molar-refractivity contribution in [3.63, 3.8) is 0 Å². The molecule has 0 heterocycles. The van der Waals surface area contributed by atoms with Gasteiger partial charge in [0.1, 0.15) is 5.75 Å². The molecule has 0 bridgehead atoms. The Morgan fingerprint density at radius 3 is 2.68 bits per heavy atom. The molecule has 1 atom stereocenters. The standard InChI is InChI=1S/C16H26BrNO/c1-12(2)11-18-9-5-6-14(4)19-16-10-15(17)8-7-13(16)3/h7-8,10,12,14,18H,5-6,9,11H2,1-4H3. The number of hydrogen-bond acceptors (Lipinski definition) is 2. The van der Waals surface area contributed by atoms with Crippen molar-refractivity contribution in [2.75, 3.05) is 13.1 Å². The zero-order valence-electron chi connectivity index (χ0n) is 12.5. The van der Waals surface area contributed by atoms with Crippen LogP contribution >= 0.6 is 15.9 Å². The second-order valence-corrected chi connectivity index (χ2v) is 6.49. The summed E-state index contributed by atoms with van der Waals surface area (Å²) in [5, 5.41) is 3.46. The van der Waals surface area contributed by atoms with Crippen LogP contribution in [0, 0.1) is 12.8 Å². The number of rotatable bonds is 8. The fourth-order valence-corrected chi connectivity index (χ4v) is 2.22. The molecule has 0 saturated heterocycles. The minimum absolute atomic E-state index is 0.258. The van der Waals surface area contributed by atoms with Crippen LogP contribution in [0.4, 0.5) is 0 Å². The number of hydrogen-bond donors (Lipinski definition) is 1. The van der Waals surface area contributed by atoms with Gasteiger partial charge in [-0.2, -0.15) is 0 Å². The summed E-state index contributed by atoms with van der Waals surface area (Å²) in [6.07, 6.45) is 2.49. The van der Waals surface area contributed by atoms with Gasteiger partial charge in [-0.05, 0) is 63.4 Å². The van der Waals surface area contributed by atoms with Gasteiger partial charge in [-0.3, -0.25) is 0 Å². The normalized spacial score (nSPS) is 12.7. The summed E-state index contributed by atoms with van der Waals surface area (Å²) < 4.78 is 7.06. The quantitative estimate of drug-likeness (QED) is 0.707. The van der Waals surface area contributed by atoms with Gasteiger partial charge in [0.05, 0.1) is 6.10 Å². The Morgan fingerprint density at radius 1 is 1.26 bits per heavy atom. The molecule has 1 unspecified atom stereocenters. The highest BCUT2D eigenvalue weighted by Crippen LogP contribution is 2.24. The second-order valence-electron chi connectivity index (χ2n) is 5.58. The highest BCUT2D eigenvalue weighted by atomic mass is 79.9. The molecule has 0 fully saturated rings. The zero-order chi connectivity index (χ0) is 14.3. The number of halogens is 1. The number of nitrogens with one attached hydrogen (secondary N) is 1. The molecule has 3 heteroatoms. The molecule has 0 amide bonds. The van der Waals surface area contributed by atoms with Crippen molar-refractivity contribution in [1.82, 2.24) is 5.32 Å². The lowest BCUT2D eigenvalue weighted by Gasteiger charge is -2.17. The summed E-state index contributed by atoms with van der Waals surface area (Å²) in [5.41, 5.74) is 1.19. The summed E-state index contributed by atoms with van der Waals surface area (Å²) >= 11 is 3.48. The fourth-order valence-electron chi connectivity index (χ4n) is 1.88. The minimum Gasteiger partial charge on any atom is -0.490 e. The van der Waals surface area contributed by atoms with Crippen LogP contribution in [0.5, 0.6) is 5.75 Å². The fraction of sp³-hybridized carbons (Fsp3) is 0.625. The van der Waals surface area contributed by atoms with Crippen LogP contribution in [0.2, 0.25) is 0 Å². The Balaban J connectivity index is 2.27. The van der Waals surface area contributed by atoms with E-state index in [1.807, 2.05) is 12.1 Å². The maximum Gasteiger partial charge on any atom is 0.123 e. The van der Waals surface area contributed by atoms with Gasteiger partial charge in [0.25, 0.3) is 0 Å². The molecule has 0 saturated carbocycles. The smallest absolute Gasteiger partial charge is 0.123 e. The Hall–Kier alpha value is -0.540. The maximum absolute atomic E-state index is 6.00. The lowest BCUT2D eigenvalue weighted by molar-refractivity contribution is 0.206. The molecule has 0 radical (unpaired) electrons. The minimum atomic E-state index is 0.258. The van der Waals surface area contributed by atoms with Crippen molar-refractivity contribution < 1.29 is 4.74 Å². The molecular formula is C16H26BrNO. The molecule has 1 rings (SSSR count). The van der Waals surface area contributed by atoms with Crippen LogP contribution in [0.25, 0.3) is 0 Å². The number of aryl methyl sites for hydroxylation is 1. The van der Waals surface area contributed by atoms with E-state index in [4.69, 9.17) is 4.74 Å². The van der Waals surface area contributed by atoms with Crippen molar-refractivity contribution >= 4 is 15.9 Å². The first kappa shape index (κ1) is 16.5. The first-order valence-corrected chi connectivity index (χ1v) is 7.92. The molecule has 1 aromatic rings. The molecule has 2 nitrogen and oxygen atoms in total. The van der Waals surface area contributed by atoms with Gasteiger partial charge >= 0.3 is 0 Å². The van der Waals surface area contributed by atoms with Gasteiger partial charge < -0.3 is 10.1 Å². The monoisotopic (exact) mass is 327 g/mol. The van der Waals surface area contributed by atoms with E-state index in [-0.39, 0.29) is 6.10 Å². The Kier molecular flexibility index (Phi) is 7.47. The third-order valence-corrected chi connectivity index (χ3v) is 3.49. The summed E-state index contributed by atoms with van der Waals surface area (Å²) in [7, 11) is 0. The zero-order valence-corrected chi connectivity index (χ0v) is 14.1. The molecule has 0 spiro atoms. The molecule has 0 aromatic heterocycles. The van der Waals surface area contributed by atoms with Crippen LogP contribution in [-0.4, -0.2) is 19.2 Å². The van der Waals surface area contributed by atoms with Crippen molar-refractivity contribution in [1.29, 1.82) is 0 Å². The maximum atomic E-state index is 6.00. The molecule has 1 N–H and O–H groups in total. The Bertz CT molecular complexity index is 379. The van der Waals surface area contributed by atoms with E-state index in [0.29, 0.717) is 0 Å². The van der Waals surface area contributed by atoms with Crippen LogP contribution in [0.3, 0.4) is 0 Å². The highest BCUT2D eigenvalue weighted by molar-refractivity contribution is 9.10. The van der Waals surface area contributed by atoms with Crippen LogP contribution in [0.1, 0.15) is 39.2 Å². The van der Waals surface area contributed by atoms with E-state index in [2.05, 4.69) is 55.0 Å². The Labute approximate surface area is 126 Å². The largest absolute Gasteiger partial charge is 0.490 e. The summed E-state index contributed by atoms with van der Waals surface area (Å²) in [4.78, 5) is 0. The lowest BCUT2D eigenvalue weighted by Crippen LogP contribution is -2.22. The molecule has 19 heavy (non-hydrogen) atoms. The average Bonchev–Trinajstić information content (AvgIpc) is 2.33. The third kappa shape index (κ3) is 6.98. The predicted molar refractivity (Wildman–Crippen MR) is 85.9 cm³/mol. The van der Waals surface area contributed by atoms with Crippen molar-refractivity contribution in [2.45, 2.75) is 46.6 Å². The SMILES string of the molecule is Cc1ccc(Br)cc1OC(C)CCCNCC(C)C. The average molecular weight is 328 g/mol. The first-order valence-electron chi connectivity index (χ1n) is 7.12. The van der Waals surface area contributed by atoms with E-state index >= 15 is 0 Å². The van der Waals surface area contributed by atoms with Crippen LogP contribution < -0.4 is 10.1 Å². The van der Waals surface area contributed by atoms with Crippen LogP contribution in [0.15, 0.2) is 22.7 Å². The molecule has 0 aliphatic carbocycles. The van der Waals surface area contributed by atoms with Gasteiger partial charge in [0, 0.05) is 4.47 Å². The molecular weight excluding hydrogens is 302 g/mol. The van der Waals surface area contributed by atoms with Crippen molar-refractivity contribution in [3.05, 3.63) is 28.2 Å². The topological polar surface area (TPSA) is 21.3 Å². The van der Waals surface area contributed by atoms with E-state index in [9.17, 15) is 0 Å². The van der Waals surface area contributed by atoms with Gasteiger partial charge in [-0.25, -0.2) is 0 Å². The third-order valence-electron chi connectivity index (χ3n) is 3.00. The summed E-state index contributed by atoms with van der Waals surface area (Å²) in [6.45, 7) is 10.9. The summed E-state index contributed by atoms with van der Waals surface area (Å²) in [6, 6.07) is 6.17. The van der Waals surface area contributed by atoms with Gasteiger partial charge in [-0.15, -0.1) is 0 Å². The summed E-state index contributed by atoms with van der Waals surface area (Å²) in [5.74, 6) is 1.70. The van der Waals surface area contributed by atoms with Gasteiger partial charge in [-0.1, -0.05) is 35.8 Å². The molecule has 0 aliphatic rings. The molecule has 1 aromatic carbocycles. The van der Waals surface area contributed by atoms with E-state index < -0.39 is 0 Å². The van der Waals surface area contributed by atoms with E-state index in [1.54, 1.807) is 0 Å². The molecule has 0 aliphatic heterocycles. The van der Waals surface area contributed by atoms with Gasteiger partial charge in [0.2, 0.25) is 0 Å². The second kappa shape index (κ2) is 8.60. The van der Waals surface area contributed by atoms with Gasteiger partial charge in [0.15, 0.2) is 0 Å². The van der Waals surface area contributed by atoms with E-state index in [0.717, 1.165) is 42.1 Å². The first-order chi connectivity index (χ1) is 8.99. The van der Waals surface area contributed by atoms with E-state index in [1.165, 1.54) is 5.56 Å². The Morgan fingerprint density at radius 2 is 2.00 bits per heavy atom. The van der Waals surface area contributed by atoms with Crippen LogP contribution in [-0.2, 0) is 0 Å². The predicted octanol–water partition coefficient (Wildman–Crippen LogP) is 4.55. The van der Waals surface area contributed by atoms with Crippen molar-refractivity contribution in [2.24, 2.45) is 5.92 Å². The number of ether oxygens (including phenoxy) is 1. The lowest BCUT2D eigenvalue weighted by atomic mass is 10.2. The van der Waals surface area contributed by atoms with Crippen molar-refractivity contribution in [3.8, 4) is 5.75 Å². The molecule has 108 valence electrons. The number of benzene rings is 1. The highest BCUT2D eigenvalue weighted by Gasteiger charge is 2.07.